The van der Waals surface area contributed by atoms with Crippen LogP contribution in [-0.4, -0.2) is 14.9 Å². The van der Waals surface area contributed by atoms with Crippen molar-refractivity contribution in [1.29, 1.82) is 0 Å². The molecule has 1 aliphatic carbocycles. The summed E-state index contributed by atoms with van der Waals surface area (Å²) in [7, 11) is 0. The Morgan fingerprint density at radius 3 is 2.27 bits per heavy atom. The molecule has 0 saturated heterocycles. The molecule has 1 atom stereocenters. The van der Waals surface area contributed by atoms with Crippen LogP contribution in [0.15, 0.2) is 0 Å². The van der Waals surface area contributed by atoms with Crippen LogP contribution in [0.3, 0.4) is 0 Å². The molecule has 0 heterocycles. The van der Waals surface area contributed by atoms with Gasteiger partial charge in [-0.05, 0) is 12.8 Å². The summed E-state index contributed by atoms with van der Waals surface area (Å²) >= 11 is -2.31. The molecule has 0 N–H and O–H groups in total. The molecular weight excluding hydrogens is 175 g/mol. The second-order valence-corrected chi connectivity index (χ2v) is 3.16. The van der Waals surface area contributed by atoms with Crippen LogP contribution in [0.4, 0.5) is 0 Å². The summed E-state index contributed by atoms with van der Waals surface area (Å²) in [6.07, 6.45) is 5.17. The summed E-state index contributed by atoms with van der Waals surface area (Å²) in [6, 6.07) is 0. The minimum Gasteiger partial charge on any atom is -0.750 e. The Hall–Kier alpha value is 1.07. The standard InChI is InChI=1S/C6H12O3S.Na/c7-10(8)9-6-4-2-1-3-5-6;/h6H,1-5H2,(H,7,8);/q;+1/p-1. The van der Waals surface area contributed by atoms with E-state index >= 15 is 0 Å². The fourth-order valence-electron chi connectivity index (χ4n) is 1.27. The molecule has 5 heteroatoms. The molecule has 1 rings (SSSR count). The molecule has 0 bridgehead atoms. The van der Waals surface area contributed by atoms with Crippen molar-refractivity contribution in [2.45, 2.75) is 38.2 Å². The third-order valence-electron chi connectivity index (χ3n) is 1.77. The fourth-order valence-corrected chi connectivity index (χ4v) is 1.69. The van der Waals surface area contributed by atoms with Crippen molar-refractivity contribution in [3.63, 3.8) is 0 Å². The first-order chi connectivity index (χ1) is 4.79. The first-order valence-electron chi connectivity index (χ1n) is 3.55. The van der Waals surface area contributed by atoms with Crippen molar-refractivity contribution in [1.82, 2.24) is 0 Å². The predicted octanol–water partition coefficient (Wildman–Crippen LogP) is -1.87. The Morgan fingerprint density at radius 1 is 1.27 bits per heavy atom. The summed E-state index contributed by atoms with van der Waals surface area (Å²) in [5.74, 6) is 0. The van der Waals surface area contributed by atoms with Gasteiger partial charge in [0.25, 0.3) is 0 Å². The Balaban J connectivity index is 0.000001000. The smallest absolute Gasteiger partial charge is 0.750 e. The van der Waals surface area contributed by atoms with Crippen LogP contribution in [0.5, 0.6) is 0 Å². The van der Waals surface area contributed by atoms with Crippen molar-refractivity contribution in [2.75, 3.05) is 0 Å². The molecule has 1 unspecified atom stereocenters. The van der Waals surface area contributed by atoms with Crippen molar-refractivity contribution in [3.05, 3.63) is 0 Å². The fraction of sp³-hybridized carbons (Fsp3) is 1.00. The SMILES string of the molecule is O=S([O-])OC1CCCCC1.[Na+]. The quantitative estimate of drug-likeness (QED) is 0.375. The summed E-state index contributed by atoms with van der Waals surface area (Å²) in [5.41, 5.74) is 0. The summed E-state index contributed by atoms with van der Waals surface area (Å²) in [4.78, 5) is 0. The van der Waals surface area contributed by atoms with Gasteiger partial charge in [0.1, 0.15) is 0 Å². The molecule has 0 radical (unpaired) electrons. The Morgan fingerprint density at radius 2 is 1.82 bits per heavy atom. The van der Waals surface area contributed by atoms with E-state index in [2.05, 4.69) is 4.18 Å². The molecule has 60 valence electrons. The summed E-state index contributed by atoms with van der Waals surface area (Å²) < 4.78 is 24.7. The topological polar surface area (TPSA) is 49.4 Å². The Kier molecular flexibility index (Phi) is 7.21. The Bertz CT molecular complexity index is 125. The maximum atomic E-state index is 10.0. The second-order valence-electron chi connectivity index (χ2n) is 2.56. The molecule has 0 aromatic carbocycles. The molecule has 0 aromatic heterocycles. The molecule has 0 spiro atoms. The average Bonchev–Trinajstić information content (AvgIpc) is 1.88. The van der Waals surface area contributed by atoms with Crippen LogP contribution < -0.4 is 29.6 Å². The molecule has 0 amide bonds. The van der Waals surface area contributed by atoms with Gasteiger partial charge in [-0.3, -0.25) is 4.18 Å². The van der Waals surface area contributed by atoms with Gasteiger partial charge < -0.3 is 4.55 Å². The summed E-state index contributed by atoms with van der Waals surface area (Å²) in [6.45, 7) is 0. The van der Waals surface area contributed by atoms with E-state index in [0.29, 0.717) is 0 Å². The third-order valence-corrected chi connectivity index (χ3v) is 2.20. The van der Waals surface area contributed by atoms with Gasteiger partial charge in [0, 0.05) is 0 Å². The zero-order valence-corrected chi connectivity index (χ0v) is 9.56. The number of hydrogen-bond acceptors (Lipinski definition) is 3. The van der Waals surface area contributed by atoms with Crippen LogP contribution in [0.25, 0.3) is 0 Å². The van der Waals surface area contributed by atoms with Gasteiger partial charge in [-0.25, -0.2) is 4.21 Å². The second kappa shape index (κ2) is 6.57. The first-order valence-corrected chi connectivity index (χ1v) is 4.55. The zero-order valence-electron chi connectivity index (χ0n) is 6.75. The van der Waals surface area contributed by atoms with Gasteiger partial charge in [-0.15, -0.1) is 0 Å². The molecular formula is C6H11NaO3S. The normalized spacial score (nSPS) is 22.3. The molecule has 1 saturated carbocycles. The molecule has 3 nitrogen and oxygen atoms in total. The maximum absolute atomic E-state index is 10.0. The predicted molar refractivity (Wildman–Crippen MR) is 36.9 cm³/mol. The van der Waals surface area contributed by atoms with Gasteiger partial charge in [0.15, 0.2) is 0 Å². The van der Waals surface area contributed by atoms with Crippen LogP contribution in [0, 0.1) is 0 Å². The van der Waals surface area contributed by atoms with Gasteiger partial charge >= 0.3 is 29.6 Å². The van der Waals surface area contributed by atoms with Crippen molar-refractivity contribution < 1.29 is 42.5 Å². The van der Waals surface area contributed by atoms with E-state index in [1.165, 1.54) is 6.42 Å². The van der Waals surface area contributed by atoms with Crippen molar-refractivity contribution >= 4 is 11.4 Å². The number of rotatable bonds is 2. The van der Waals surface area contributed by atoms with E-state index in [0.717, 1.165) is 25.7 Å². The van der Waals surface area contributed by atoms with Crippen molar-refractivity contribution in [2.24, 2.45) is 0 Å². The van der Waals surface area contributed by atoms with Crippen LogP contribution in [0.2, 0.25) is 0 Å². The van der Waals surface area contributed by atoms with E-state index in [4.69, 9.17) is 0 Å². The van der Waals surface area contributed by atoms with E-state index in [-0.39, 0.29) is 35.7 Å². The molecule has 0 aliphatic heterocycles. The molecule has 0 aromatic rings. The molecule has 1 fully saturated rings. The largest absolute Gasteiger partial charge is 1.00 e. The first kappa shape index (κ1) is 12.1. The van der Waals surface area contributed by atoms with Gasteiger partial charge in [-0.1, -0.05) is 19.3 Å². The van der Waals surface area contributed by atoms with E-state index < -0.39 is 11.4 Å². The van der Waals surface area contributed by atoms with Gasteiger partial charge in [-0.2, -0.15) is 0 Å². The summed E-state index contributed by atoms with van der Waals surface area (Å²) in [5, 5.41) is 0. The van der Waals surface area contributed by atoms with Crippen molar-refractivity contribution in [3.8, 4) is 0 Å². The van der Waals surface area contributed by atoms with Gasteiger partial charge in [0.05, 0.1) is 17.5 Å². The number of hydrogen-bond donors (Lipinski definition) is 0. The van der Waals surface area contributed by atoms with E-state index in [1.807, 2.05) is 0 Å². The molecule has 1 aliphatic rings. The van der Waals surface area contributed by atoms with Crippen LogP contribution in [0.1, 0.15) is 32.1 Å². The maximum Gasteiger partial charge on any atom is 1.00 e. The van der Waals surface area contributed by atoms with E-state index in [1.54, 1.807) is 0 Å². The van der Waals surface area contributed by atoms with E-state index in [9.17, 15) is 8.76 Å². The average molecular weight is 186 g/mol. The third kappa shape index (κ3) is 5.33. The zero-order chi connectivity index (χ0) is 7.40. The minimum absolute atomic E-state index is 0. The monoisotopic (exact) mass is 186 g/mol. The Labute approximate surface area is 91.7 Å². The van der Waals surface area contributed by atoms with Crippen LogP contribution in [-0.2, 0) is 15.5 Å². The van der Waals surface area contributed by atoms with Crippen LogP contribution >= 0.6 is 0 Å². The minimum atomic E-state index is -2.31. The van der Waals surface area contributed by atoms with Gasteiger partial charge in [0.2, 0.25) is 0 Å². The molecule has 11 heavy (non-hydrogen) atoms.